The van der Waals surface area contributed by atoms with Gasteiger partial charge in [0.25, 0.3) is 5.69 Å². The smallest absolute Gasteiger partial charge is 0.296 e. The van der Waals surface area contributed by atoms with Crippen molar-refractivity contribution in [3.05, 3.63) is 58.6 Å². The predicted octanol–water partition coefficient (Wildman–Crippen LogP) is 2.64. The van der Waals surface area contributed by atoms with Gasteiger partial charge in [0.05, 0.1) is 28.9 Å². The van der Waals surface area contributed by atoms with Crippen LogP contribution in [0.5, 0.6) is 5.75 Å². The minimum absolute atomic E-state index is 0.0208. The third-order valence-electron chi connectivity index (χ3n) is 4.80. The topological polar surface area (TPSA) is 119 Å². The zero-order chi connectivity index (χ0) is 21.0. The van der Waals surface area contributed by atoms with Crippen molar-refractivity contribution in [2.45, 2.75) is 17.7 Å². The first-order chi connectivity index (χ1) is 13.8. The standard InChI is InChI=1S/C19H21N3O6S/c1-28-15-9-10-17(18(12-15)22(24)25)20-19(23)14-6-5-11-21(13-14)29(26,27)16-7-3-2-4-8-16/h2-4,7-10,12,14H,5-6,11,13H2,1H3,(H,20,23). The zero-order valence-corrected chi connectivity index (χ0v) is 16.6. The van der Waals surface area contributed by atoms with Crippen LogP contribution in [0.4, 0.5) is 11.4 Å². The highest BCUT2D eigenvalue weighted by atomic mass is 32.2. The molecule has 2 aromatic carbocycles. The Kier molecular flexibility index (Phi) is 6.14. The normalized spacial score (nSPS) is 17.5. The predicted molar refractivity (Wildman–Crippen MR) is 106 cm³/mol. The Hall–Kier alpha value is -2.98. The van der Waals surface area contributed by atoms with Gasteiger partial charge in [-0.3, -0.25) is 14.9 Å². The summed E-state index contributed by atoms with van der Waals surface area (Å²) in [5.74, 6) is -0.761. The fourth-order valence-electron chi connectivity index (χ4n) is 3.25. The summed E-state index contributed by atoms with van der Waals surface area (Å²) < 4.78 is 31.9. The van der Waals surface area contributed by atoms with Crippen LogP contribution in [0.25, 0.3) is 0 Å². The lowest BCUT2D eigenvalue weighted by atomic mass is 9.98. The molecule has 0 spiro atoms. The van der Waals surface area contributed by atoms with Crippen LogP contribution in [0, 0.1) is 16.0 Å². The van der Waals surface area contributed by atoms with E-state index >= 15 is 0 Å². The minimum Gasteiger partial charge on any atom is -0.496 e. The molecule has 1 saturated heterocycles. The largest absolute Gasteiger partial charge is 0.496 e. The van der Waals surface area contributed by atoms with E-state index in [1.54, 1.807) is 18.2 Å². The van der Waals surface area contributed by atoms with E-state index in [9.17, 15) is 23.3 Å². The average Bonchev–Trinajstić information content (AvgIpc) is 2.74. The molecule has 0 radical (unpaired) electrons. The third kappa shape index (κ3) is 4.54. The van der Waals surface area contributed by atoms with Gasteiger partial charge in [0.15, 0.2) is 0 Å². The number of methoxy groups -OCH3 is 1. The molecule has 1 aliphatic rings. The number of piperidine rings is 1. The highest BCUT2D eigenvalue weighted by molar-refractivity contribution is 7.89. The second-order valence-electron chi connectivity index (χ2n) is 6.64. The van der Waals surface area contributed by atoms with Crippen molar-refractivity contribution in [1.82, 2.24) is 4.31 Å². The number of nitrogens with one attached hydrogen (secondary N) is 1. The van der Waals surface area contributed by atoms with E-state index in [4.69, 9.17) is 4.74 Å². The van der Waals surface area contributed by atoms with E-state index in [1.807, 2.05) is 0 Å². The van der Waals surface area contributed by atoms with Crippen LogP contribution in [0.3, 0.4) is 0 Å². The molecule has 0 saturated carbocycles. The lowest BCUT2D eigenvalue weighted by Crippen LogP contribution is -2.43. The number of nitro benzene ring substituents is 1. The van der Waals surface area contributed by atoms with Gasteiger partial charge in [-0.25, -0.2) is 8.42 Å². The van der Waals surface area contributed by atoms with Crippen LogP contribution in [-0.4, -0.2) is 43.8 Å². The number of ether oxygens (including phenoxy) is 1. The molecule has 9 nitrogen and oxygen atoms in total. The molecule has 154 valence electrons. The Balaban J connectivity index is 1.76. The van der Waals surface area contributed by atoms with E-state index in [1.165, 1.54) is 41.7 Å². The number of benzene rings is 2. The van der Waals surface area contributed by atoms with Crippen molar-refractivity contribution in [2.75, 3.05) is 25.5 Å². The molecular formula is C19H21N3O6S. The lowest BCUT2D eigenvalue weighted by Gasteiger charge is -2.31. The number of hydrogen-bond donors (Lipinski definition) is 1. The lowest BCUT2D eigenvalue weighted by molar-refractivity contribution is -0.384. The van der Waals surface area contributed by atoms with Crippen LogP contribution >= 0.6 is 0 Å². The summed E-state index contributed by atoms with van der Waals surface area (Å²) in [7, 11) is -2.31. The van der Waals surface area contributed by atoms with Gasteiger partial charge < -0.3 is 10.1 Å². The molecule has 10 heteroatoms. The summed E-state index contributed by atoms with van der Waals surface area (Å²) in [5.41, 5.74) is -0.244. The molecule has 1 unspecified atom stereocenters. The monoisotopic (exact) mass is 419 g/mol. The molecule has 1 heterocycles. The minimum atomic E-state index is -3.70. The van der Waals surface area contributed by atoms with Crippen LogP contribution in [0.1, 0.15) is 12.8 Å². The van der Waals surface area contributed by atoms with Crippen molar-refractivity contribution in [2.24, 2.45) is 5.92 Å². The summed E-state index contributed by atoms with van der Waals surface area (Å²) >= 11 is 0. The molecular weight excluding hydrogens is 398 g/mol. The molecule has 1 aliphatic heterocycles. The second-order valence-corrected chi connectivity index (χ2v) is 8.58. The molecule has 1 N–H and O–H groups in total. The van der Waals surface area contributed by atoms with Gasteiger partial charge in [-0.2, -0.15) is 4.31 Å². The van der Waals surface area contributed by atoms with Crippen LogP contribution in [0.15, 0.2) is 53.4 Å². The van der Waals surface area contributed by atoms with Crippen LogP contribution in [-0.2, 0) is 14.8 Å². The SMILES string of the molecule is COc1ccc(NC(=O)C2CCCN(S(=O)(=O)c3ccccc3)C2)c([N+](=O)[O-])c1. The molecule has 29 heavy (non-hydrogen) atoms. The second kappa shape index (κ2) is 8.58. The fraction of sp³-hybridized carbons (Fsp3) is 0.316. The number of nitro groups is 1. The van der Waals surface area contributed by atoms with Gasteiger partial charge in [0, 0.05) is 13.1 Å². The maximum atomic E-state index is 12.8. The number of carbonyl (C=O) groups excluding carboxylic acids is 1. The van der Waals surface area contributed by atoms with Crippen molar-refractivity contribution < 1.29 is 22.9 Å². The van der Waals surface area contributed by atoms with E-state index in [0.717, 1.165) is 0 Å². The van der Waals surface area contributed by atoms with E-state index in [0.29, 0.717) is 25.1 Å². The Bertz CT molecular complexity index is 1010. The van der Waals surface area contributed by atoms with Gasteiger partial charge >= 0.3 is 0 Å². The first-order valence-electron chi connectivity index (χ1n) is 9.01. The number of hydrogen-bond acceptors (Lipinski definition) is 6. The Morgan fingerprint density at radius 3 is 2.62 bits per heavy atom. The highest BCUT2D eigenvalue weighted by Crippen LogP contribution is 2.30. The van der Waals surface area contributed by atoms with Gasteiger partial charge in [-0.15, -0.1) is 0 Å². The highest BCUT2D eigenvalue weighted by Gasteiger charge is 2.33. The summed E-state index contributed by atoms with van der Waals surface area (Å²) in [6, 6.07) is 12.2. The number of carbonyl (C=O) groups is 1. The molecule has 1 fully saturated rings. The summed E-state index contributed by atoms with van der Waals surface area (Å²) in [5, 5.41) is 13.9. The zero-order valence-electron chi connectivity index (χ0n) is 15.8. The van der Waals surface area contributed by atoms with Gasteiger partial charge in [-0.05, 0) is 37.1 Å². The van der Waals surface area contributed by atoms with E-state index in [-0.39, 0.29) is 22.8 Å². The number of rotatable bonds is 6. The molecule has 2 aromatic rings. The summed E-state index contributed by atoms with van der Waals surface area (Å²) in [6.07, 6.45) is 1.02. The Labute approximate surface area is 168 Å². The molecule has 0 aliphatic carbocycles. The van der Waals surface area contributed by atoms with E-state index < -0.39 is 26.8 Å². The molecule has 1 amide bonds. The Morgan fingerprint density at radius 2 is 1.97 bits per heavy atom. The number of sulfonamides is 1. The quantitative estimate of drug-likeness (QED) is 0.568. The number of amides is 1. The molecule has 0 aromatic heterocycles. The molecule has 3 rings (SSSR count). The van der Waals surface area contributed by atoms with E-state index in [2.05, 4.69) is 5.32 Å². The maximum absolute atomic E-state index is 12.8. The number of nitrogens with zero attached hydrogens (tertiary/aromatic N) is 2. The average molecular weight is 419 g/mol. The maximum Gasteiger partial charge on any atom is 0.296 e. The van der Waals surface area contributed by atoms with Gasteiger partial charge in [-0.1, -0.05) is 18.2 Å². The fourth-order valence-corrected chi connectivity index (χ4v) is 4.79. The van der Waals surface area contributed by atoms with Crippen LogP contribution in [0.2, 0.25) is 0 Å². The first kappa shape index (κ1) is 20.7. The number of anilines is 1. The van der Waals surface area contributed by atoms with Crippen molar-refractivity contribution in [3.8, 4) is 5.75 Å². The summed E-state index contributed by atoms with van der Waals surface area (Å²) in [6.45, 7) is 0.344. The van der Waals surface area contributed by atoms with Crippen molar-refractivity contribution in [3.63, 3.8) is 0 Å². The molecule has 0 bridgehead atoms. The summed E-state index contributed by atoms with van der Waals surface area (Å²) in [4.78, 5) is 23.6. The van der Waals surface area contributed by atoms with Gasteiger partial charge in [0.2, 0.25) is 15.9 Å². The Morgan fingerprint density at radius 1 is 1.24 bits per heavy atom. The van der Waals surface area contributed by atoms with Gasteiger partial charge in [0.1, 0.15) is 11.4 Å². The molecule has 1 atom stereocenters. The van der Waals surface area contributed by atoms with Crippen molar-refractivity contribution in [1.29, 1.82) is 0 Å². The van der Waals surface area contributed by atoms with Crippen LogP contribution < -0.4 is 10.1 Å². The first-order valence-corrected chi connectivity index (χ1v) is 10.5. The van der Waals surface area contributed by atoms with Crippen molar-refractivity contribution >= 4 is 27.3 Å². The third-order valence-corrected chi connectivity index (χ3v) is 6.67.